The Bertz CT molecular complexity index is 337. The molecule has 0 bridgehead atoms. The third-order valence-electron chi connectivity index (χ3n) is 4.17. The second-order valence-corrected chi connectivity index (χ2v) is 5.73. The lowest BCUT2D eigenvalue weighted by atomic mass is 9.98. The minimum atomic E-state index is -0.0964. The highest BCUT2D eigenvalue weighted by atomic mass is 16.5. The van der Waals surface area contributed by atoms with Crippen molar-refractivity contribution in [1.29, 1.82) is 0 Å². The molecule has 1 aliphatic heterocycles. The van der Waals surface area contributed by atoms with E-state index in [1.54, 1.807) is 7.11 Å². The average Bonchev–Trinajstić information content (AvgIpc) is 2.53. The summed E-state index contributed by atoms with van der Waals surface area (Å²) in [5.41, 5.74) is 0. The summed E-state index contributed by atoms with van der Waals surface area (Å²) in [6.07, 6.45) is 3.42. The number of hydrogen-bond acceptors (Lipinski definition) is 4. The summed E-state index contributed by atoms with van der Waals surface area (Å²) < 4.78 is 10.0. The summed E-state index contributed by atoms with van der Waals surface area (Å²) in [4.78, 5) is 26.0. The van der Waals surface area contributed by atoms with Gasteiger partial charge in [-0.3, -0.25) is 9.59 Å². The summed E-state index contributed by atoms with van der Waals surface area (Å²) in [5, 5.41) is 2.97. The molecule has 1 fully saturated rings. The summed E-state index contributed by atoms with van der Waals surface area (Å²) in [6, 6.07) is 0.143. The van der Waals surface area contributed by atoms with Gasteiger partial charge in [-0.1, -0.05) is 13.8 Å². The van der Waals surface area contributed by atoms with Gasteiger partial charge in [-0.2, -0.15) is 0 Å². The number of carbonyl (C=O) groups excluding carboxylic acids is 2. The molecule has 128 valence electrons. The van der Waals surface area contributed by atoms with E-state index < -0.39 is 0 Å². The van der Waals surface area contributed by atoms with Gasteiger partial charge in [0.1, 0.15) is 6.61 Å². The lowest BCUT2D eigenvalue weighted by Crippen LogP contribution is -2.48. The van der Waals surface area contributed by atoms with Crippen molar-refractivity contribution in [2.75, 3.05) is 40.0 Å². The van der Waals surface area contributed by atoms with Gasteiger partial charge in [-0.05, 0) is 25.7 Å². The number of nitrogens with zero attached hydrogens (tertiary/aromatic N) is 1. The maximum absolute atomic E-state index is 12.3. The van der Waals surface area contributed by atoms with Gasteiger partial charge in [-0.15, -0.1) is 0 Å². The van der Waals surface area contributed by atoms with Crippen LogP contribution in [-0.2, 0) is 19.1 Å². The smallest absolute Gasteiger partial charge is 0.246 e. The Hall–Kier alpha value is -1.14. The van der Waals surface area contributed by atoms with Crippen molar-refractivity contribution >= 4 is 11.8 Å². The van der Waals surface area contributed by atoms with Crippen LogP contribution in [0.2, 0.25) is 0 Å². The van der Waals surface area contributed by atoms with Crippen LogP contribution >= 0.6 is 0 Å². The molecule has 1 saturated heterocycles. The van der Waals surface area contributed by atoms with Crippen LogP contribution < -0.4 is 5.32 Å². The van der Waals surface area contributed by atoms with Crippen molar-refractivity contribution < 1.29 is 19.1 Å². The largest absolute Gasteiger partial charge is 0.382 e. The molecule has 0 aliphatic carbocycles. The molecular formula is C16H30N2O4. The lowest BCUT2D eigenvalue weighted by molar-refractivity contribution is -0.137. The second-order valence-electron chi connectivity index (χ2n) is 5.73. The molecule has 0 aromatic rings. The molecular weight excluding hydrogens is 284 g/mol. The van der Waals surface area contributed by atoms with Crippen molar-refractivity contribution in [2.24, 2.45) is 5.92 Å². The highest BCUT2D eigenvalue weighted by Crippen LogP contribution is 2.17. The Morgan fingerprint density at radius 3 is 2.36 bits per heavy atom. The van der Waals surface area contributed by atoms with E-state index in [1.807, 2.05) is 4.90 Å². The van der Waals surface area contributed by atoms with Crippen molar-refractivity contribution in [2.45, 2.75) is 45.6 Å². The maximum atomic E-state index is 12.3. The fourth-order valence-corrected chi connectivity index (χ4v) is 2.72. The molecule has 0 aromatic carbocycles. The third-order valence-corrected chi connectivity index (χ3v) is 4.17. The number of amides is 2. The van der Waals surface area contributed by atoms with E-state index in [0.29, 0.717) is 13.2 Å². The minimum absolute atomic E-state index is 0.0657. The first-order valence-corrected chi connectivity index (χ1v) is 8.27. The number of nitrogens with one attached hydrogen (secondary N) is 1. The van der Waals surface area contributed by atoms with E-state index in [0.717, 1.165) is 38.8 Å². The summed E-state index contributed by atoms with van der Waals surface area (Å²) >= 11 is 0. The van der Waals surface area contributed by atoms with Crippen LogP contribution in [0.1, 0.15) is 39.5 Å². The Morgan fingerprint density at radius 1 is 1.18 bits per heavy atom. The second kappa shape index (κ2) is 10.6. The van der Waals surface area contributed by atoms with Crippen LogP contribution in [0.3, 0.4) is 0 Å². The van der Waals surface area contributed by atoms with Crippen LogP contribution in [0.25, 0.3) is 0 Å². The Morgan fingerprint density at radius 2 is 1.82 bits per heavy atom. The molecule has 6 heteroatoms. The fraction of sp³-hybridized carbons (Fsp3) is 0.875. The highest BCUT2D eigenvalue weighted by molar-refractivity contribution is 5.79. The Labute approximate surface area is 133 Å². The highest BCUT2D eigenvalue weighted by Gasteiger charge is 2.26. The molecule has 1 N–H and O–H groups in total. The molecule has 22 heavy (non-hydrogen) atoms. The van der Waals surface area contributed by atoms with Gasteiger partial charge in [0.05, 0.1) is 13.2 Å². The molecule has 0 unspecified atom stereocenters. The summed E-state index contributed by atoms with van der Waals surface area (Å²) in [6.45, 7) is 6.55. The molecule has 0 atom stereocenters. The van der Waals surface area contributed by atoms with E-state index in [9.17, 15) is 9.59 Å². The molecule has 1 heterocycles. The topological polar surface area (TPSA) is 67.9 Å². The number of piperidine rings is 1. The molecule has 1 aliphatic rings. The van der Waals surface area contributed by atoms with E-state index in [2.05, 4.69) is 19.2 Å². The molecule has 0 saturated carbocycles. The van der Waals surface area contributed by atoms with E-state index in [4.69, 9.17) is 9.47 Å². The van der Waals surface area contributed by atoms with Gasteiger partial charge < -0.3 is 19.7 Å². The number of ether oxygens (including phenoxy) is 2. The monoisotopic (exact) mass is 314 g/mol. The Kier molecular flexibility index (Phi) is 9.08. The van der Waals surface area contributed by atoms with Gasteiger partial charge >= 0.3 is 0 Å². The van der Waals surface area contributed by atoms with Gasteiger partial charge in [0, 0.05) is 32.2 Å². The number of rotatable bonds is 9. The van der Waals surface area contributed by atoms with Crippen molar-refractivity contribution in [3.8, 4) is 0 Å². The first-order chi connectivity index (χ1) is 10.6. The SMILES string of the molecule is CCC(CC)C(=O)N1CCC(NC(=O)COCCOC)CC1. The van der Waals surface area contributed by atoms with Crippen LogP contribution in [0.15, 0.2) is 0 Å². The quantitative estimate of drug-likeness (QED) is 0.649. The van der Waals surface area contributed by atoms with Gasteiger partial charge in [0.15, 0.2) is 0 Å². The van der Waals surface area contributed by atoms with Gasteiger partial charge in [0.2, 0.25) is 11.8 Å². The average molecular weight is 314 g/mol. The number of methoxy groups -OCH3 is 1. The number of carbonyl (C=O) groups is 2. The predicted octanol–water partition coefficient (Wildman–Crippen LogP) is 1.19. The summed E-state index contributed by atoms with van der Waals surface area (Å²) in [5.74, 6) is 0.305. The third kappa shape index (κ3) is 6.32. The summed E-state index contributed by atoms with van der Waals surface area (Å²) in [7, 11) is 1.60. The van der Waals surface area contributed by atoms with E-state index in [1.165, 1.54) is 0 Å². The van der Waals surface area contributed by atoms with Crippen LogP contribution in [0.4, 0.5) is 0 Å². The molecule has 0 radical (unpaired) electrons. The zero-order valence-corrected chi connectivity index (χ0v) is 14.1. The molecule has 0 spiro atoms. The number of likely N-dealkylation sites (tertiary alicyclic amines) is 1. The number of hydrogen-bond donors (Lipinski definition) is 1. The predicted molar refractivity (Wildman–Crippen MR) is 84.5 cm³/mol. The van der Waals surface area contributed by atoms with Crippen LogP contribution in [-0.4, -0.2) is 62.8 Å². The molecule has 1 rings (SSSR count). The van der Waals surface area contributed by atoms with E-state index >= 15 is 0 Å². The van der Waals surface area contributed by atoms with E-state index in [-0.39, 0.29) is 30.4 Å². The maximum Gasteiger partial charge on any atom is 0.246 e. The first kappa shape index (κ1) is 18.9. The fourth-order valence-electron chi connectivity index (χ4n) is 2.72. The molecule has 6 nitrogen and oxygen atoms in total. The Balaban J connectivity index is 2.24. The zero-order valence-electron chi connectivity index (χ0n) is 14.1. The zero-order chi connectivity index (χ0) is 16.4. The normalized spacial score (nSPS) is 16.1. The van der Waals surface area contributed by atoms with Crippen molar-refractivity contribution in [3.05, 3.63) is 0 Å². The standard InChI is InChI=1S/C16H30N2O4/c1-4-13(5-2)16(20)18-8-6-14(7-9-18)17-15(19)12-22-11-10-21-3/h13-14H,4-12H2,1-3H3,(H,17,19). The van der Waals surface area contributed by atoms with Crippen molar-refractivity contribution in [1.82, 2.24) is 10.2 Å². The molecule has 0 aromatic heterocycles. The van der Waals surface area contributed by atoms with Crippen molar-refractivity contribution in [3.63, 3.8) is 0 Å². The first-order valence-electron chi connectivity index (χ1n) is 8.27. The van der Waals surface area contributed by atoms with Crippen LogP contribution in [0.5, 0.6) is 0 Å². The minimum Gasteiger partial charge on any atom is -0.382 e. The van der Waals surface area contributed by atoms with Crippen LogP contribution in [0, 0.1) is 5.92 Å². The van der Waals surface area contributed by atoms with Gasteiger partial charge in [0.25, 0.3) is 0 Å². The lowest BCUT2D eigenvalue weighted by Gasteiger charge is -2.34. The van der Waals surface area contributed by atoms with Gasteiger partial charge in [-0.25, -0.2) is 0 Å². The molecule has 2 amide bonds.